The van der Waals surface area contributed by atoms with Crippen molar-refractivity contribution in [3.8, 4) is 0 Å². The summed E-state index contributed by atoms with van der Waals surface area (Å²) in [5, 5.41) is 0. The Hall–Kier alpha value is -0.0665. The van der Waals surface area contributed by atoms with Crippen LogP contribution in [-0.2, 0) is 16.5 Å². The average Bonchev–Trinajstić information content (AvgIpc) is 1.86. The molecule has 0 aromatic heterocycles. The van der Waals surface area contributed by atoms with Crippen molar-refractivity contribution in [2.45, 2.75) is 6.04 Å². The molecule has 0 radical (unpaired) electrons. The van der Waals surface area contributed by atoms with Gasteiger partial charge < -0.3 is 5.73 Å². The Morgan fingerprint density at radius 3 is 1.71 bits per heavy atom. The molecular weight excluding hydrogens is 133 g/mol. The van der Waals surface area contributed by atoms with Gasteiger partial charge in [-0.1, -0.05) is 24.3 Å². The van der Waals surface area contributed by atoms with Gasteiger partial charge in [-0.3, -0.25) is 0 Å². The topological polar surface area (TPSA) is 26.0 Å². The normalized spacial score (nSPS) is 17.3. The summed E-state index contributed by atoms with van der Waals surface area (Å²) in [5.41, 5.74) is 5.36. The van der Waals surface area contributed by atoms with E-state index in [1.54, 1.807) is 0 Å². The van der Waals surface area contributed by atoms with Crippen LogP contribution in [0.5, 0.6) is 0 Å². The van der Waals surface area contributed by atoms with Gasteiger partial charge in [0.15, 0.2) is 0 Å². The first kappa shape index (κ1) is 6.93. The molecule has 0 atom stereocenters. The molecule has 2 heteroatoms. The Kier molecular flexibility index (Phi) is 2.98. The molecule has 1 aliphatic rings. The van der Waals surface area contributed by atoms with Crippen molar-refractivity contribution in [3.63, 3.8) is 0 Å². The zero-order valence-corrected chi connectivity index (χ0v) is 4.77. The van der Waals surface area contributed by atoms with Gasteiger partial charge in [0.1, 0.15) is 0 Å². The Balaban J connectivity index is 0.000000360. The Bertz CT molecular complexity index is 84.3. The third-order valence-corrected chi connectivity index (χ3v) is 0.778. The third-order valence-electron chi connectivity index (χ3n) is 0.778. The molecule has 1 aliphatic carbocycles. The van der Waals surface area contributed by atoms with Gasteiger partial charge in [-0.2, -0.15) is 0 Å². The molecule has 42 valence electrons. The van der Waals surface area contributed by atoms with Gasteiger partial charge in [0.25, 0.3) is 0 Å². The summed E-state index contributed by atoms with van der Waals surface area (Å²) in [6.07, 6.45) is 7.79. The summed E-state index contributed by atoms with van der Waals surface area (Å²) in [4.78, 5) is 0. The largest absolute Gasteiger partial charge is 0.321 e. The van der Waals surface area contributed by atoms with Crippen LogP contribution >= 0.6 is 0 Å². The number of allylic oxidation sites excluding steroid dienone is 2. The van der Waals surface area contributed by atoms with Crippen LogP contribution in [0.25, 0.3) is 0 Å². The van der Waals surface area contributed by atoms with Crippen LogP contribution in [-0.4, -0.2) is 6.04 Å². The Morgan fingerprint density at radius 1 is 1.14 bits per heavy atom. The molecule has 7 heavy (non-hydrogen) atoms. The minimum Gasteiger partial charge on any atom is -0.321 e. The second kappa shape index (κ2) is 3.00. The van der Waals surface area contributed by atoms with Crippen molar-refractivity contribution in [1.29, 1.82) is 0 Å². The molecule has 0 unspecified atom stereocenters. The molecule has 0 saturated carbocycles. The van der Waals surface area contributed by atoms with Gasteiger partial charge in [-0.15, -0.1) is 0 Å². The van der Waals surface area contributed by atoms with Crippen LogP contribution in [0, 0.1) is 0 Å². The Labute approximate surface area is 53.2 Å². The van der Waals surface area contributed by atoms with Crippen molar-refractivity contribution < 1.29 is 16.5 Å². The molecule has 0 heterocycles. The van der Waals surface area contributed by atoms with Crippen molar-refractivity contribution in [2.24, 2.45) is 5.73 Å². The van der Waals surface area contributed by atoms with Gasteiger partial charge >= 0.3 is 0 Å². The smallest absolute Gasteiger partial charge is 0.0416 e. The minimum absolute atomic E-state index is 0. The zero-order chi connectivity index (χ0) is 4.41. The predicted molar refractivity (Wildman–Crippen MR) is 26.3 cm³/mol. The molecule has 0 spiro atoms. The van der Waals surface area contributed by atoms with E-state index in [0.717, 1.165) is 0 Å². The van der Waals surface area contributed by atoms with Crippen LogP contribution in [0.2, 0.25) is 0 Å². The van der Waals surface area contributed by atoms with E-state index in [1.165, 1.54) is 0 Å². The fraction of sp³-hybridized carbons (Fsp3) is 0.200. The van der Waals surface area contributed by atoms with E-state index in [-0.39, 0.29) is 22.5 Å². The average molecular weight is 140 g/mol. The maximum absolute atomic E-state index is 5.36. The van der Waals surface area contributed by atoms with Crippen LogP contribution in [0.4, 0.5) is 0 Å². The number of nitrogens with two attached hydrogens (primary N) is 1. The second-order valence-corrected chi connectivity index (χ2v) is 1.35. The fourth-order valence-corrected chi connectivity index (χ4v) is 0.449. The zero-order valence-electron chi connectivity index (χ0n) is 3.78. The fourth-order valence-electron chi connectivity index (χ4n) is 0.449. The molecular formula is C5H7NNi. The summed E-state index contributed by atoms with van der Waals surface area (Å²) in [6.45, 7) is 0. The maximum Gasteiger partial charge on any atom is 0.0416 e. The molecule has 1 nitrogen and oxygen atoms in total. The van der Waals surface area contributed by atoms with Crippen molar-refractivity contribution >= 4 is 0 Å². The molecule has 0 saturated heterocycles. The van der Waals surface area contributed by atoms with Gasteiger partial charge in [-0.05, 0) is 0 Å². The summed E-state index contributed by atoms with van der Waals surface area (Å²) in [6, 6.07) is 0.185. The summed E-state index contributed by atoms with van der Waals surface area (Å²) < 4.78 is 0. The van der Waals surface area contributed by atoms with Crippen molar-refractivity contribution in [2.75, 3.05) is 0 Å². The van der Waals surface area contributed by atoms with E-state index in [1.807, 2.05) is 24.3 Å². The molecule has 0 fully saturated rings. The number of rotatable bonds is 0. The van der Waals surface area contributed by atoms with Gasteiger partial charge in [0.05, 0.1) is 0 Å². The Morgan fingerprint density at radius 2 is 1.57 bits per heavy atom. The molecule has 0 aromatic carbocycles. The number of hydrogen-bond donors (Lipinski definition) is 1. The third kappa shape index (κ3) is 1.91. The van der Waals surface area contributed by atoms with Gasteiger partial charge in [0.2, 0.25) is 0 Å². The molecule has 0 amide bonds. The first-order chi connectivity index (χ1) is 2.89. The van der Waals surface area contributed by atoms with E-state index in [0.29, 0.717) is 0 Å². The maximum atomic E-state index is 5.36. The minimum atomic E-state index is 0. The molecule has 2 N–H and O–H groups in total. The monoisotopic (exact) mass is 139 g/mol. The summed E-state index contributed by atoms with van der Waals surface area (Å²) in [7, 11) is 0. The van der Waals surface area contributed by atoms with Crippen LogP contribution in [0.15, 0.2) is 24.3 Å². The molecule has 1 rings (SSSR count). The molecule has 0 bridgehead atoms. The van der Waals surface area contributed by atoms with E-state index < -0.39 is 0 Å². The predicted octanol–water partition coefficient (Wildman–Crippen LogP) is 0.437. The molecule has 0 aromatic rings. The second-order valence-electron chi connectivity index (χ2n) is 1.35. The van der Waals surface area contributed by atoms with Crippen molar-refractivity contribution in [3.05, 3.63) is 24.3 Å². The first-order valence-corrected chi connectivity index (χ1v) is 2.00. The van der Waals surface area contributed by atoms with Gasteiger partial charge in [0, 0.05) is 22.5 Å². The van der Waals surface area contributed by atoms with Crippen LogP contribution in [0.3, 0.4) is 0 Å². The summed E-state index contributed by atoms with van der Waals surface area (Å²) in [5.74, 6) is 0. The first-order valence-electron chi connectivity index (χ1n) is 2.00. The van der Waals surface area contributed by atoms with Crippen LogP contribution in [0.1, 0.15) is 0 Å². The SMILES string of the molecule is NC1C=CC=C1.[Ni]. The van der Waals surface area contributed by atoms with E-state index in [4.69, 9.17) is 5.73 Å². The van der Waals surface area contributed by atoms with Gasteiger partial charge in [-0.25, -0.2) is 0 Å². The standard InChI is InChI=1S/C5H7N.Ni/c6-5-3-1-2-4-5;/h1-5H,6H2;. The van der Waals surface area contributed by atoms with E-state index in [9.17, 15) is 0 Å². The summed E-state index contributed by atoms with van der Waals surface area (Å²) >= 11 is 0. The van der Waals surface area contributed by atoms with E-state index >= 15 is 0 Å². The van der Waals surface area contributed by atoms with E-state index in [2.05, 4.69) is 0 Å². The molecule has 0 aliphatic heterocycles. The van der Waals surface area contributed by atoms with Crippen molar-refractivity contribution in [1.82, 2.24) is 0 Å². The number of hydrogen-bond acceptors (Lipinski definition) is 1. The quantitative estimate of drug-likeness (QED) is 0.485. The van der Waals surface area contributed by atoms with Crippen LogP contribution < -0.4 is 5.73 Å².